The van der Waals surface area contributed by atoms with Crippen molar-refractivity contribution in [3.8, 4) is 0 Å². The number of aliphatic hydroxyl groups excluding tert-OH is 2. The lowest BCUT2D eigenvalue weighted by Crippen LogP contribution is -2.55. The van der Waals surface area contributed by atoms with Gasteiger partial charge < -0.3 is 10.2 Å². The molecule has 2 heteroatoms. The Hall–Kier alpha value is -0.600. The van der Waals surface area contributed by atoms with Gasteiger partial charge in [-0.15, -0.1) is 0 Å². The Morgan fingerprint density at radius 2 is 2.04 bits per heavy atom. The van der Waals surface area contributed by atoms with E-state index >= 15 is 0 Å². The molecule has 0 aromatic carbocycles. The number of hydrogen-bond donors (Lipinski definition) is 2. The molecule has 3 fully saturated rings. The molecule has 4 aliphatic rings. The molecule has 2 nitrogen and oxygen atoms in total. The van der Waals surface area contributed by atoms with Gasteiger partial charge in [-0.05, 0) is 68.1 Å². The fraction of sp³-hybridized carbons (Fsp3) is 0.810. The van der Waals surface area contributed by atoms with Crippen LogP contribution in [0.2, 0.25) is 0 Å². The summed E-state index contributed by atoms with van der Waals surface area (Å²) in [7, 11) is 0. The van der Waals surface area contributed by atoms with Crippen LogP contribution >= 0.6 is 0 Å². The second kappa shape index (κ2) is 5.46. The van der Waals surface area contributed by atoms with Gasteiger partial charge in [-0.25, -0.2) is 0 Å². The second-order valence-electron chi connectivity index (χ2n) is 9.05. The van der Waals surface area contributed by atoms with Crippen molar-refractivity contribution < 1.29 is 10.2 Å². The van der Waals surface area contributed by atoms with Crippen LogP contribution in [0, 0.1) is 34.5 Å². The van der Waals surface area contributed by atoms with Crippen LogP contribution in [0.5, 0.6) is 0 Å². The van der Waals surface area contributed by atoms with E-state index in [-0.39, 0.29) is 16.9 Å². The van der Waals surface area contributed by atoms with Crippen LogP contribution in [-0.2, 0) is 0 Å². The van der Waals surface area contributed by atoms with Crippen LogP contribution in [0.15, 0.2) is 23.8 Å². The molecular weight excluding hydrogens is 284 g/mol. The van der Waals surface area contributed by atoms with E-state index in [1.165, 1.54) is 25.7 Å². The van der Waals surface area contributed by atoms with Gasteiger partial charge in [0.2, 0.25) is 0 Å². The Kier molecular flexibility index (Phi) is 3.77. The van der Waals surface area contributed by atoms with E-state index in [0.29, 0.717) is 24.4 Å². The molecule has 0 radical (unpaired) electrons. The Morgan fingerprint density at radius 3 is 2.83 bits per heavy atom. The standard InChI is InChI=1S/C21H32O2/c1-20-11-4-3-5-14(20)6-8-16-17-9-7-15(10-12-22)21(17,2)13-18(23)19(16)20/h4-5,11,15-19,22-23H,3,6-10,12-13H2,1-2H3/t15-,16+,17+,18+,19-,20+,21-/m1/s1. The molecule has 128 valence electrons. The molecular formula is C21H32O2. The maximum Gasteiger partial charge on any atom is 0.0587 e. The lowest BCUT2D eigenvalue weighted by molar-refractivity contribution is -0.116. The molecule has 0 spiro atoms. The number of allylic oxidation sites excluding steroid dienone is 4. The molecule has 0 saturated heterocycles. The van der Waals surface area contributed by atoms with Crippen molar-refractivity contribution in [2.24, 2.45) is 34.5 Å². The van der Waals surface area contributed by atoms with Crippen molar-refractivity contribution >= 4 is 0 Å². The number of aliphatic hydroxyl groups is 2. The largest absolute Gasteiger partial charge is 0.396 e. The highest BCUT2D eigenvalue weighted by Gasteiger charge is 2.60. The zero-order valence-corrected chi connectivity index (χ0v) is 14.7. The number of rotatable bonds is 2. The number of fused-ring (bicyclic) bond motifs is 5. The van der Waals surface area contributed by atoms with Crippen LogP contribution < -0.4 is 0 Å². The minimum Gasteiger partial charge on any atom is -0.396 e. The molecule has 0 unspecified atom stereocenters. The molecule has 0 aliphatic heterocycles. The van der Waals surface area contributed by atoms with E-state index < -0.39 is 0 Å². The molecule has 23 heavy (non-hydrogen) atoms. The zero-order valence-electron chi connectivity index (χ0n) is 14.7. The average Bonchev–Trinajstić information content (AvgIpc) is 2.83. The van der Waals surface area contributed by atoms with Gasteiger partial charge in [0, 0.05) is 17.9 Å². The molecule has 4 aliphatic carbocycles. The SMILES string of the molecule is C[C@]12C[C@H](O)[C@H]3[C@@H](CCC4=CCC=C[C@@]43C)[C@@H]1CC[C@@H]2CCO. The third-order valence-electron chi connectivity index (χ3n) is 8.22. The van der Waals surface area contributed by atoms with Gasteiger partial charge in [0.15, 0.2) is 0 Å². The summed E-state index contributed by atoms with van der Waals surface area (Å²) in [5.41, 5.74) is 1.89. The minimum absolute atomic E-state index is 0.0803. The first-order chi connectivity index (χ1) is 11.0. The molecule has 2 N–H and O–H groups in total. The second-order valence-corrected chi connectivity index (χ2v) is 9.05. The summed E-state index contributed by atoms with van der Waals surface area (Å²) in [6, 6.07) is 0. The lowest BCUT2D eigenvalue weighted by Gasteiger charge is -2.59. The summed E-state index contributed by atoms with van der Waals surface area (Å²) >= 11 is 0. The summed E-state index contributed by atoms with van der Waals surface area (Å²) in [4.78, 5) is 0. The monoisotopic (exact) mass is 316 g/mol. The van der Waals surface area contributed by atoms with Crippen LogP contribution in [0.1, 0.15) is 58.8 Å². The Bertz CT molecular complexity index is 536. The van der Waals surface area contributed by atoms with Crippen molar-refractivity contribution in [1.29, 1.82) is 0 Å². The highest BCUT2D eigenvalue weighted by Crippen LogP contribution is 2.66. The van der Waals surface area contributed by atoms with Gasteiger partial charge in [0.25, 0.3) is 0 Å². The first kappa shape index (κ1) is 15.9. The molecule has 0 aromatic heterocycles. The average molecular weight is 316 g/mol. The van der Waals surface area contributed by atoms with E-state index in [1.54, 1.807) is 5.57 Å². The Labute approximate surface area is 140 Å². The van der Waals surface area contributed by atoms with E-state index in [0.717, 1.165) is 25.2 Å². The molecule has 0 bridgehead atoms. The number of hydrogen-bond acceptors (Lipinski definition) is 2. The van der Waals surface area contributed by atoms with Crippen molar-refractivity contribution in [1.82, 2.24) is 0 Å². The summed E-state index contributed by atoms with van der Waals surface area (Å²) < 4.78 is 0. The predicted octanol–water partition coefficient (Wildman–Crippen LogP) is 4.08. The third-order valence-corrected chi connectivity index (χ3v) is 8.22. The molecule has 7 atom stereocenters. The quantitative estimate of drug-likeness (QED) is 0.754. The maximum absolute atomic E-state index is 11.2. The Morgan fingerprint density at radius 1 is 1.22 bits per heavy atom. The first-order valence-corrected chi connectivity index (χ1v) is 9.67. The van der Waals surface area contributed by atoms with E-state index in [2.05, 4.69) is 32.1 Å². The van der Waals surface area contributed by atoms with Crippen LogP contribution in [-0.4, -0.2) is 22.9 Å². The highest BCUT2D eigenvalue weighted by molar-refractivity contribution is 5.32. The molecule has 0 amide bonds. The highest BCUT2D eigenvalue weighted by atomic mass is 16.3. The van der Waals surface area contributed by atoms with Crippen molar-refractivity contribution in [2.75, 3.05) is 6.61 Å². The zero-order chi connectivity index (χ0) is 16.2. The fourth-order valence-electron chi connectivity index (χ4n) is 7.20. The topological polar surface area (TPSA) is 40.5 Å². The van der Waals surface area contributed by atoms with Crippen molar-refractivity contribution in [2.45, 2.75) is 64.9 Å². The first-order valence-electron chi connectivity index (χ1n) is 9.67. The smallest absolute Gasteiger partial charge is 0.0587 e. The van der Waals surface area contributed by atoms with Gasteiger partial charge in [-0.3, -0.25) is 0 Å². The fourth-order valence-corrected chi connectivity index (χ4v) is 7.20. The van der Waals surface area contributed by atoms with Gasteiger partial charge in [0.1, 0.15) is 0 Å². The van der Waals surface area contributed by atoms with Gasteiger partial charge >= 0.3 is 0 Å². The molecule has 0 heterocycles. The van der Waals surface area contributed by atoms with Crippen LogP contribution in [0.3, 0.4) is 0 Å². The lowest BCUT2D eigenvalue weighted by atomic mass is 9.47. The maximum atomic E-state index is 11.2. The van der Waals surface area contributed by atoms with Crippen LogP contribution in [0.4, 0.5) is 0 Å². The van der Waals surface area contributed by atoms with Gasteiger partial charge in [-0.2, -0.15) is 0 Å². The third kappa shape index (κ3) is 2.14. The molecule has 4 rings (SSSR count). The normalized spacial score (nSPS) is 51.7. The molecule has 0 aromatic rings. The summed E-state index contributed by atoms with van der Waals surface area (Å²) in [5, 5.41) is 20.6. The minimum atomic E-state index is -0.197. The van der Waals surface area contributed by atoms with E-state index in [4.69, 9.17) is 0 Å². The van der Waals surface area contributed by atoms with Gasteiger partial charge in [-0.1, -0.05) is 37.6 Å². The van der Waals surface area contributed by atoms with E-state index in [9.17, 15) is 10.2 Å². The van der Waals surface area contributed by atoms with Gasteiger partial charge in [0.05, 0.1) is 6.10 Å². The predicted molar refractivity (Wildman–Crippen MR) is 92.8 cm³/mol. The molecule has 3 saturated carbocycles. The van der Waals surface area contributed by atoms with Crippen molar-refractivity contribution in [3.63, 3.8) is 0 Å². The van der Waals surface area contributed by atoms with Crippen LogP contribution in [0.25, 0.3) is 0 Å². The van der Waals surface area contributed by atoms with E-state index in [1.807, 2.05) is 0 Å². The van der Waals surface area contributed by atoms with Crippen molar-refractivity contribution in [3.05, 3.63) is 23.8 Å². The summed E-state index contributed by atoms with van der Waals surface area (Å²) in [5.74, 6) is 2.38. The summed E-state index contributed by atoms with van der Waals surface area (Å²) in [6.07, 6.45) is 14.9. The Balaban J connectivity index is 1.69. The summed E-state index contributed by atoms with van der Waals surface area (Å²) in [6.45, 7) is 5.08.